The van der Waals surface area contributed by atoms with Gasteiger partial charge in [-0.1, -0.05) is 19.3 Å². The fraction of sp³-hybridized carbons (Fsp3) is 1.00. The van der Waals surface area contributed by atoms with E-state index in [0.29, 0.717) is 0 Å². The zero-order valence-corrected chi connectivity index (χ0v) is 8.76. The van der Waals surface area contributed by atoms with E-state index in [1.54, 1.807) is 0 Å². The third kappa shape index (κ3) is 2.96. The van der Waals surface area contributed by atoms with Crippen LogP contribution in [0.4, 0.5) is 0 Å². The molecule has 0 aliphatic heterocycles. The average molecular weight is 182 g/mol. The molecule has 0 aromatic heterocycles. The molecule has 13 heavy (non-hydrogen) atoms. The number of hydrogen-bond donors (Lipinski definition) is 1. The summed E-state index contributed by atoms with van der Waals surface area (Å²) in [5, 5.41) is 2.33. The van der Waals surface area contributed by atoms with Crippen molar-refractivity contribution in [2.24, 2.45) is 5.92 Å². The minimum Gasteiger partial charge on any atom is -0.255 e. The van der Waals surface area contributed by atoms with Crippen molar-refractivity contribution in [1.82, 2.24) is 10.4 Å². The smallest absolute Gasteiger partial charge is 0.0241 e. The summed E-state index contributed by atoms with van der Waals surface area (Å²) in [7, 11) is 2.19. The summed E-state index contributed by atoms with van der Waals surface area (Å²) in [6.07, 6.45) is 10.1. The minimum absolute atomic E-state index is 0.851. The van der Waals surface area contributed by atoms with E-state index in [4.69, 9.17) is 0 Å². The quantitative estimate of drug-likeness (QED) is 0.670. The molecule has 2 heteroatoms. The van der Waals surface area contributed by atoms with Crippen LogP contribution >= 0.6 is 0 Å². The van der Waals surface area contributed by atoms with Crippen molar-refractivity contribution < 1.29 is 0 Å². The van der Waals surface area contributed by atoms with E-state index < -0.39 is 0 Å². The van der Waals surface area contributed by atoms with E-state index in [2.05, 4.69) is 17.5 Å². The molecular weight excluding hydrogens is 160 g/mol. The summed E-state index contributed by atoms with van der Waals surface area (Å²) >= 11 is 0. The van der Waals surface area contributed by atoms with Crippen LogP contribution in [0.2, 0.25) is 0 Å². The van der Waals surface area contributed by atoms with Crippen LogP contribution in [-0.2, 0) is 0 Å². The van der Waals surface area contributed by atoms with Gasteiger partial charge in [0.05, 0.1) is 0 Å². The fourth-order valence-electron chi connectivity index (χ4n) is 2.26. The summed E-state index contributed by atoms with van der Waals surface area (Å²) in [4.78, 5) is 0. The number of hydrazine groups is 1. The van der Waals surface area contributed by atoms with Gasteiger partial charge in [-0.25, -0.2) is 5.01 Å². The lowest BCUT2D eigenvalue weighted by Gasteiger charge is -2.25. The highest BCUT2D eigenvalue weighted by molar-refractivity contribution is 4.80. The van der Waals surface area contributed by atoms with E-state index in [9.17, 15) is 0 Å². The third-order valence-electron chi connectivity index (χ3n) is 3.45. The average Bonchev–Trinajstić information content (AvgIpc) is 2.99. The molecule has 76 valence electrons. The molecule has 1 N–H and O–H groups in total. The van der Waals surface area contributed by atoms with E-state index in [-0.39, 0.29) is 0 Å². The largest absolute Gasteiger partial charge is 0.255 e. The Morgan fingerprint density at radius 3 is 2.38 bits per heavy atom. The van der Waals surface area contributed by atoms with Gasteiger partial charge in [0.15, 0.2) is 0 Å². The summed E-state index contributed by atoms with van der Waals surface area (Å²) < 4.78 is 0. The Hall–Kier alpha value is -0.0800. The summed E-state index contributed by atoms with van der Waals surface area (Å²) in [5.74, 6) is 0.954. The lowest BCUT2D eigenvalue weighted by Crippen LogP contribution is -2.39. The molecule has 0 bridgehead atoms. The van der Waals surface area contributed by atoms with Gasteiger partial charge in [0.25, 0.3) is 0 Å². The Balaban J connectivity index is 1.60. The third-order valence-corrected chi connectivity index (χ3v) is 3.45. The van der Waals surface area contributed by atoms with Gasteiger partial charge in [-0.05, 0) is 31.6 Å². The van der Waals surface area contributed by atoms with Crippen molar-refractivity contribution in [3.05, 3.63) is 0 Å². The molecule has 2 fully saturated rings. The lowest BCUT2D eigenvalue weighted by atomic mass is 9.89. The van der Waals surface area contributed by atoms with Crippen molar-refractivity contribution in [3.8, 4) is 0 Å². The maximum absolute atomic E-state index is 3.55. The first-order valence-corrected chi connectivity index (χ1v) is 5.82. The molecule has 2 saturated carbocycles. The van der Waals surface area contributed by atoms with Gasteiger partial charge >= 0.3 is 0 Å². The predicted octanol–water partition coefficient (Wildman–Crippen LogP) is 2.17. The molecule has 0 aromatic carbocycles. The zero-order chi connectivity index (χ0) is 9.10. The highest BCUT2D eigenvalue weighted by atomic mass is 15.5. The molecule has 2 rings (SSSR count). The van der Waals surface area contributed by atoms with E-state index >= 15 is 0 Å². The van der Waals surface area contributed by atoms with Gasteiger partial charge in [-0.3, -0.25) is 5.43 Å². The molecule has 2 nitrogen and oxygen atoms in total. The van der Waals surface area contributed by atoms with Crippen LogP contribution in [0.5, 0.6) is 0 Å². The van der Waals surface area contributed by atoms with Gasteiger partial charge in [-0.15, -0.1) is 0 Å². The second-order valence-electron chi connectivity index (χ2n) is 4.71. The Morgan fingerprint density at radius 1 is 1.08 bits per heavy atom. The molecule has 2 aliphatic carbocycles. The first-order chi connectivity index (χ1) is 6.36. The van der Waals surface area contributed by atoms with E-state index in [0.717, 1.165) is 12.0 Å². The summed E-state index contributed by atoms with van der Waals surface area (Å²) in [5.41, 5.74) is 3.55. The van der Waals surface area contributed by atoms with Gasteiger partial charge in [0, 0.05) is 19.6 Å². The first kappa shape index (κ1) is 9.47. The van der Waals surface area contributed by atoms with E-state index in [1.807, 2.05) is 0 Å². The predicted molar refractivity (Wildman–Crippen MR) is 55.4 cm³/mol. The molecule has 2 aliphatic rings. The second-order valence-corrected chi connectivity index (χ2v) is 4.71. The van der Waals surface area contributed by atoms with Crippen LogP contribution in [0.15, 0.2) is 0 Å². The molecule has 0 saturated heterocycles. The lowest BCUT2D eigenvalue weighted by molar-refractivity contribution is 0.191. The van der Waals surface area contributed by atoms with Crippen molar-refractivity contribution >= 4 is 0 Å². The fourth-order valence-corrected chi connectivity index (χ4v) is 2.26. The molecule has 0 spiro atoms. The van der Waals surface area contributed by atoms with Crippen molar-refractivity contribution in [2.45, 2.75) is 51.0 Å². The molecule has 0 unspecified atom stereocenters. The van der Waals surface area contributed by atoms with Crippen LogP contribution in [-0.4, -0.2) is 24.6 Å². The topological polar surface area (TPSA) is 15.3 Å². The standard InChI is InChI=1S/C11H22N2/c1-13(11-7-8-11)12-9-10-5-3-2-4-6-10/h10-12H,2-9H2,1H3. The summed E-state index contributed by atoms with van der Waals surface area (Å²) in [6.45, 7) is 1.22. The minimum atomic E-state index is 0.851. The highest BCUT2D eigenvalue weighted by Crippen LogP contribution is 2.25. The second kappa shape index (κ2) is 4.43. The molecule has 0 radical (unpaired) electrons. The molecular formula is C11H22N2. The Morgan fingerprint density at radius 2 is 1.77 bits per heavy atom. The van der Waals surface area contributed by atoms with Crippen molar-refractivity contribution in [1.29, 1.82) is 0 Å². The Bertz CT molecular complexity index is 148. The Kier molecular flexibility index (Phi) is 3.23. The van der Waals surface area contributed by atoms with Gasteiger partial charge < -0.3 is 0 Å². The molecule has 0 aromatic rings. The highest BCUT2D eigenvalue weighted by Gasteiger charge is 2.26. The van der Waals surface area contributed by atoms with Crippen LogP contribution < -0.4 is 5.43 Å². The van der Waals surface area contributed by atoms with E-state index in [1.165, 1.54) is 51.5 Å². The van der Waals surface area contributed by atoms with Crippen molar-refractivity contribution in [3.63, 3.8) is 0 Å². The zero-order valence-electron chi connectivity index (χ0n) is 8.76. The number of rotatable bonds is 4. The molecule has 0 heterocycles. The Labute approximate surface area is 81.7 Å². The normalized spacial score (nSPS) is 25.4. The van der Waals surface area contributed by atoms with Gasteiger partial charge in [0.1, 0.15) is 0 Å². The van der Waals surface area contributed by atoms with Gasteiger partial charge in [-0.2, -0.15) is 0 Å². The maximum atomic E-state index is 3.55. The van der Waals surface area contributed by atoms with Crippen molar-refractivity contribution in [2.75, 3.05) is 13.6 Å². The molecule has 0 amide bonds. The number of nitrogens with zero attached hydrogens (tertiary/aromatic N) is 1. The SMILES string of the molecule is CN(NCC1CCCCC1)C1CC1. The monoisotopic (exact) mass is 182 g/mol. The van der Waals surface area contributed by atoms with Crippen LogP contribution in [0, 0.1) is 5.92 Å². The van der Waals surface area contributed by atoms with Crippen LogP contribution in [0.3, 0.4) is 0 Å². The summed E-state index contributed by atoms with van der Waals surface area (Å²) in [6, 6.07) is 0.851. The number of nitrogens with one attached hydrogen (secondary N) is 1. The molecule has 0 atom stereocenters. The number of hydrogen-bond acceptors (Lipinski definition) is 2. The van der Waals surface area contributed by atoms with Crippen LogP contribution in [0.25, 0.3) is 0 Å². The first-order valence-electron chi connectivity index (χ1n) is 5.82. The maximum Gasteiger partial charge on any atom is 0.0241 e. The van der Waals surface area contributed by atoms with Gasteiger partial charge in [0.2, 0.25) is 0 Å². The van der Waals surface area contributed by atoms with Crippen LogP contribution in [0.1, 0.15) is 44.9 Å².